The molecule has 132 valence electrons. The second kappa shape index (κ2) is 7.02. The second-order valence-corrected chi connectivity index (χ2v) is 8.91. The van der Waals surface area contributed by atoms with Gasteiger partial charge in [-0.05, 0) is 43.4 Å². The number of carbonyl (C=O) groups excluding carboxylic acids is 1. The number of benzene rings is 1. The van der Waals surface area contributed by atoms with Gasteiger partial charge in [0, 0.05) is 30.6 Å². The molecule has 0 unspecified atom stereocenters. The van der Waals surface area contributed by atoms with Crippen molar-refractivity contribution in [3.05, 3.63) is 28.8 Å². The SMILES string of the molecule is Cc1c(Cl)cccc1S(=O)(=O)NC[C@@H]1CC(=O)N(C2CCCC2)C1. The molecule has 2 fully saturated rings. The highest BCUT2D eigenvalue weighted by Crippen LogP contribution is 2.29. The van der Waals surface area contributed by atoms with E-state index in [1.54, 1.807) is 25.1 Å². The summed E-state index contributed by atoms with van der Waals surface area (Å²) in [5.74, 6) is 0.192. The zero-order valence-corrected chi connectivity index (χ0v) is 15.4. The van der Waals surface area contributed by atoms with Crippen LogP contribution in [0.25, 0.3) is 0 Å². The molecule has 1 saturated heterocycles. The maximum Gasteiger partial charge on any atom is 0.240 e. The minimum atomic E-state index is -3.62. The van der Waals surface area contributed by atoms with Crippen LogP contribution in [0, 0.1) is 12.8 Å². The van der Waals surface area contributed by atoms with Crippen molar-refractivity contribution in [1.82, 2.24) is 9.62 Å². The van der Waals surface area contributed by atoms with Crippen LogP contribution in [0.2, 0.25) is 5.02 Å². The molecule has 1 aliphatic carbocycles. The molecule has 1 saturated carbocycles. The first kappa shape index (κ1) is 17.7. The van der Waals surface area contributed by atoms with Gasteiger partial charge in [0.15, 0.2) is 0 Å². The summed E-state index contributed by atoms with van der Waals surface area (Å²) in [5.41, 5.74) is 0.543. The summed E-state index contributed by atoms with van der Waals surface area (Å²) in [5, 5.41) is 0.432. The van der Waals surface area contributed by atoms with E-state index < -0.39 is 10.0 Å². The van der Waals surface area contributed by atoms with Crippen LogP contribution in [-0.4, -0.2) is 38.4 Å². The van der Waals surface area contributed by atoms with E-state index in [2.05, 4.69) is 4.72 Å². The number of nitrogens with zero attached hydrogens (tertiary/aromatic N) is 1. The lowest BCUT2D eigenvalue weighted by Crippen LogP contribution is -2.36. The van der Waals surface area contributed by atoms with Crippen LogP contribution in [0.4, 0.5) is 0 Å². The Hall–Kier alpha value is -1.11. The van der Waals surface area contributed by atoms with Crippen LogP contribution < -0.4 is 4.72 Å². The predicted octanol–water partition coefficient (Wildman–Crippen LogP) is 2.72. The fraction of sp³-hybridized carbons (Fsp3) is 0.588. The third-order valence-electron chi connectivity index (χ3n) is 5.07. The van der Waals surface area contributed by atoms with Gasteiger partial charge in [-0.25, -0.2) is 13.1 Å². The molecule has 0 bridgehead atoms. The lowest BCUT2D eigenvalue weighted by Gasteiger charge is -2.24. The number of rotatable bonds is 5. The van der Waals surface area contributed by atoms with Crippen molar-refractivity contribution < 1.29 is 13.2 Å². The molecule has 1 aliphatic heterocycles. The number of nitrogens with one attached hydrogen (secondary N) is 1. The Labute approximate surface area is 148 Å². The molecule has 1 aromatic rings. The van der Waals surface area contributed by atoms with Gasteiger partial charge in [-0.3, -0.25) is 4.79 Å². The maximum atomic E-state index is 12.5. The molecule has 5 nitrogen and oxygen atoms in total. The highest BCUT2D eigenvalue weighted by atomic mass is 35.5. The van der Waals surface area contributed by atoms with Gasteiger partial charge in [0.25, 0.3) is 0 Å². The van der Waals surface area contributed by atoms with Crippen molar-refractivity contribution >= 4 is 27.5 Å². The molecular weight excluding hydrogens is 348 g/mol. The van der Waals surface area contributed by atoms with Gasteiger partial charge in [0.05, 0.1) is 4.90 Å². The smallest absolute Gasteiger partial charge is 0.240 e. The van der Waals surface area contributed by atoms with Gasteiger partial charge in [-0.1, -0.05) is 30.5 Å². The van der Waals surface area contributed by atoms with Crippen LogP contribution in [0.3, 0.4) is 0 Å². The monoisotopic (exact) mass is 370 g/mol. The molecule has 0 spiro atoms. The zero-order chi connectivity index (χ0) is 17.3. The molecule has 2 aliphatic rings. The number of hydrogen-bond donors (Lipinski definition) is 1. The summed E-state index contributed by atoms with van der Waals surface area (Å²) < 4.78 is 27.7. The first-order valence-corrected chi connectivity index (χ1v) is 10.3. The molecule has 1 N–H and O–H groups in total. The quantitative estimate of drug-likeness (QED) is 0.866. The number of likely N-dealkylation sites (tertiary alicyclic amines) is 1. The number of halogens is 1. The summed E-state index contributed by atoms with van der Waals surface area (Å²) in [4.78, 5) is 14.4. The Kier molecular flexibility index (Phi) is 5.18. The Morgan fingerprint density at radius 3 is 2.71 bits per heavy atom. The molecule has 3 rings (SSSR count). The minimum Gasteiger partial charge on any atom is -0.339 e. The molecule has 24 heavy (non-hydrogen) atoms. The van der Waals surface area contributed by atoms with Crippen molar-refractivity contribution in [3.8, 4) is 0 Å². The van der Waals surface area contributed by atoms with E-state index in [9.17, 15) is 13.2 Å². The number of carbonyl (C=O) groups is 1. The average Bonchev–Trinajstić information content (AvgIpc) is 3.17. The lowest BCUT2D eigenvalue weighted by atomic mass is 10.1. The van der Waals surface area contributed by atoms with E-state index >= 15 is 0 Å². The fourth-order valence-corrected chi connectivity index (χ4v) is 5.31. The van der Waals surface area contributed by atoms with Gasteiger partial charge in [0.1, 0.15) is 0 Å². The maximum absolute atomic E-state index is 12.5. The molecule has 1 atom stereocenters. The van der Waals surface area contributed by atoms with E-state index in [0.29, 0.717) is 29.6 Å². The van der Waals surface area contributed by atoms with Gasteiger partial charge in [0.2, 0.25) is 15.9 Å². The van der Waals surface area contributed by atoms with Crippen molar-refractivity contribution in [1.29, 1.82) is 0 Å². The van der Waals surface area contributed by atoms with Crippen molar-refractivity contribution in [2.75, 3.05) is 13.1 Å². The fourth-order valence-electron chi connectivity index (χ4n) is 3.70. The first-order chi connectivity index (χ1) is 11.4. The molecule has 0 radical (unpaired) electrons. The number of sulfonamides is 1. The van der Waals surface area contributed by atoms with Gasteiger partial charge < -0.3 is 4.90 Å². The first-order valence-electron chi connectivity index (χ1n) is 8.43. The number of amides is 1. The third kappa shape index (κ3) is 3.60. The van der Waals surface area contributed by atoms with E-state index in [1.165, 1.54) is 12.8 Å². The Morgan fingerprint density at radius 1 is 1.29 bits per heavy atom. The molecule has 1 heterocycles. The van der Waals surface area contributed by atoms with Crippen LogP contribution in [-0.2, 0) is 14.8 Å². The molecule has 0 aromatic heterocycles. The largest absolute Gasteiger partial charge is 0.339 e. The molecule has 1 amide bonds. The van der Waals surface area contributed by atoms with Gasteiger partial charge >= 0.3 is 0 Å². The summed E-state index contributed by atoms with van der Waals surface area (Å²) in [6.45, 7) is 2.63. The highest BCUT2D eigenvalue weighted by Gasteiger charge is 2.35. The second-order valence-electron chi connectivity index (χ2n) is 6.77. The average molecular weight is 371 g/mol. The summed E-state index contributed by atoms with van der Waals surface area (Å²) in [7, 11) is -3.62. The summed E-state index contributed by atoms with van der Waals surface area (Å²) in [6, 6.07) is 5.21. The number of hydrogen-bond acceptors (Lipinski definition) is 3. The zero-order valence-electron chi connectivity index (χ0n) is 13.8. The van der Waals surface area contributed by atoms with Crippen LogP contribution in [0.1, 0.15) is 37.7 Å². The highest BCUT2D eigenvalue weighted by molar-refractivity contribution is 7.89. The lowest BCUT2D eigenvalue weighted by molar-refractivity contribution is -0.129. The van der Waals surface area contributed by atoms with E-state index in [1.807, 2.05) is 4.90 Å². The van der Waals surface area contributed by atoms with E-state index in [-0.39, 0.29) is 23.3 Å². The minimum absolute atomic E-state index is 0.0346. The summed E-state index contributed by atoms with van der Waals surface area (Å²) >= 11 is 6.01. The van der Waals surface area contributed by atoms with Crippen molar-refractivity contribution in [2.24, 2.45) is 5.92 Å². The molecule has 7 heteroatoms. The van der Waals surface area contributed by atoms with Crippen molar-refractivity contribution in [3.63, 3.8) is 0 Å². The van der Waals surface area contributed by atoms with Crippen LogP contribution in [0.5, 0.6) is 0 Å². The standard InChI is InChI=1S/C17H23ClN2O3S/c1-12-15(18)7-4-8-16(12)24(22,23)19-10-13-9-17(21)20(11-13)14-5-2-3-6-14/h4,7-8,13-14,19H,2-3,5-6,9-11H2,1H3/t13-/m0/s1. The summed E-state index contributed by atoms with van der Waals surface area (Å²) in [6.07, 6.45) is 4.94. The van der Waals surface area contributed by atoms with E-state index in [4.69, 9.17) is 11.6 Å². The molecule has 1 aromatic carbocycles. The van der Waals surface area contributed by atoms with E-state index in [0.717, 1.165) is 12.8 Å². The topological polar surface area (TPSA) is 66.5 Å². The van der Waals surface area contributed by atoms with Gasteiger partial charge in [-0.15, -0.1) is 0 Å². The predicted molar refractivity (Wildman–Crippen MR) is 93.5 cm³/mol. The Balaban J connectivity index is 1.63. The Morgan fingerprint density at radius 2 is 2.00 bits per heavy atom. The van der Waals surface area contributed by atoms with Gasteiger partial charge in [-0.2, -0.15) is 0 Å². The van der Waals surface area contributed by atoms with Crippen LogP contribution >= 0.6 is 11.6 Å². The molecular formula is C17H23ClN2O3S. The van der Waals surface area contributed by atoms with Crippen LogP contribution in [0.15, 0.2) is 23.1 Å². The Bertz CT molecular complexity index is 729. The normalized spacial score (nSPS) is 22.5. The third-order valence-corrected chi connectivity index (χ3v) is 7.05. The van der Waals surface area contributed by atoms with Crippen molar-refractivity contribution in [2.45, 2.75) is 50.0 Å².